The highest BCUT2D eigenvalue weighted by molar-refractivity contribution is 6.50. The fraction of sp³-hybridized carbons (Fsp3) is 0.286. The van der Waals surface area contributed by atoms with Gasteiger partial charge < -0.3 is 4.42 Å². The summed E-state index contributed by atoms with van der Waals surface area (Å²) in [6.07, 6.45) is 3.82. The van der Waals surface area contributed by atoms with Crippen LogP contribution in [0.2, 0.25) is 0 Å². The van der Waals surface area contributed by atoms with Crippen molar-refractivity contribution in [2.75, 3.05) is 0 Å². The first kappa shape index (κ1) is 10.8. The van der Waals surface area contributed by atoms with E-state index in [9.17, 15) is 4.39 Å². The van der Waals surface area contributed by atoms with Crippen molar-refractivity contribution in [3.63, 3.8) is 0 Å². The van der Waals surface area contributed by atoms with Crippen molar-refractivity contribution in [2.24, 2.45) is 5.92 Å². The Bertz CT molecular complexity index is 612. The molecule has 0 saturated carbocycles. The number of allylic oxidation sites excluding steroid dienone is 1. The molecule has 2 aromatic rings. The van der Waals surface area contributed by atoms with E-state index in [0.29, 0.717) is 11.5 Å². The molecule has 88 valence electrons. The molecule has 1 aromatic heterocycles. The second-order valence-electron chi connectivity index (χ2n) is 4.64. The quantitative estimate of drug-likeness (QED) is 0.659. The van der Waals surface area contributed by atoms with Crippen molar-refractivity contribution in [2.45, 2.75) is 19.8 Å². The Morgan fingerprint density at radius 3 is 3.06 bits per heavy atom. The Morgan fingerprint density at radius 1 is 1.41 bits per heavy atom. The highest BCUT2D eigenvalue weighted by Gasteiger charge is 2.21. The van der Waals surface area contributed by atoms with E-state index in [-0.39, 0.29) is 5.82 Å². The van der Waals surface area contributed by atoms with E-state index in [1.54, 1.807) is 6.07 Å². The van der Waals surface area contributed by atoms with Gasteiger partial charge in [-0.15, -0.1) is 0 Å². The van der Waals surface area contributed by atoms with Crippen molar-refractivity contribution >= 4 is 27.6 Å². The van der Waals surface area contributed by atoms with E-state index in [4.69, 9.17) is 16.0 Å². The Morgan fingerprint density at radius 2 is 2.24 bits per heavy atom. The molecule has 1 aliphatic carbocycles. The second kappa shape index (κ2) is 3.88. The van der Waals surface area contributed by atoms with Gasteiger partial charge in [0.05, 0.1) is 0 Å². The molecule has 17 heavy (non-hydrogen) atoms. The minimum Gasteiger partial charge on any atom is -0.460 e. The van der Waals surface area contributed by atoms with Gasteiger partial charge in [-0.25, -0.2) is 4.39 Å². The lowest BCUT2D eigenvalue weighted by molar-refractivity contribution is 0.483. The Balaban J connectivity index is 2.30. The zero-order chi connectivity index (χ0) is 12.0. The average molecular weight is 251 g/mol. The van der Waals surface area contributed by atoms with Gasteiger partial charge in [-0.2, -0.15) is 0 Å². The Kier molecular flexibility index (Phi) is 2.48. The molecule has 0 fully saturated rings. The molecule has 0 radical (unpaired) electrons. The molecule has 0 amide bonds. The molecular formula is C14H12ClFO. The third kappa shape index (κ3) is 1.77. The number of halogens is 2. The second-order valence-corrected chi connectivity index (χ2v) is 5.04. The Labute approximate surface area is 104 Å². The third-order valence-electron chi connectivity index (χ3n) is 3.20. The van der Waals surface area contributed by atoms with Crippen LogP contribution in [0.3, 0.4) is 0 Å². The standard InChI is InChI=1S/C14H12ClFO/c1-8-2-5-11(15)14-10-4-3-9(16)7-12(10)17-13(14)6-8/h3-5,7-8H,2,6H2,1H3. The topological polar surface area (TPSA) is 13.1 Å². The first-order valence-electron chi connectivity index (χ1n) is 5.72. The van der Waals surface area contributed by atoms with Crippen molar-refractivity contribution in [1.82, 2.24) is 0 Å². The first-order valence-corrected chi connectivity index (χ1v) is 6.10. The van der Waals surface area contributed by atoms with E-state index in [1.807, 2.05) is 6.08 Å². The first-order chi connectivity index (χ1) is 8.15. The zero-order valence-corrected chi connectivity index (χ0v) is 10.2. The summed E-state index contributed by atoms with van der Waals surface area (Å²) in [6, 6.07) is 4.59. The van der Waals surface area contributed by atoms with Gasteiger partial charge >= 0.3 is 0 Å². The molecule has 0 bridgehead atoms. The largest absolute Gasteiger partial charge is 0.460 e. The summed E-state index contributed by atoms with van der Waals surface area (Å²) in [6.45, 7) is 2.16. The van der Waals surface area contributed by atoms with Crippen LogP contribution in [-0.4, -0.2) is 0 Å². The van der Waals surface area contributed by atoms with Crippen molar-refractivity contribution < 1.29 is 8.81 Å². The molecule has 0 saturated heterocycles. The molecular weight excluding hydrogens is 239 g/mol. The van der Waals surface area contributed by atoms with Gasteiger partial charge in [0.1, 0.15) is 17.2 Å². The number of rotatable bonds is 0. The van der Waals surface area contributed by atoms with Crippen LogP contribution in [0.4, 0.5) is 4.39 Å². The molecule has 1 unspecified atom stereocenters. The van der Waals surface area contributed by atoms with E-state index in [0.717, 1.165) is 34.6 Å². The van der Waals surface area contributed by atoms with Gasteiger partial charge in [-0.1, -0.05) is 24.6 Å². The minimum absolute atomic E-state index is 0.283. The molecule has 0 aliphatic heterocycles. The molecule has 0 spiro atoms. The van der Waals surface area contributed by atoms with Gasteiger partial charge in [0.2, 0.25) is 0 Å². The lowest BCUT2D eigenvalue weighted by atomic mass is 10.0. The minimum atomic E-state index is -0.283. The number of hydrogen-bond acceptors (Lipinski definition) is 1. The maximum atomic E-state index is 13.1. The smallest absolute Gasteiger partial charge is 0.137 e. The Hall–Kier alpha value is -1.28. The van der Waals surface area contributed by atoms with Gasteiger partial charge in [0, 0.05) is 28.5 Å². The normalized spacial score (nSPS) is 19.9. The van der Waals surface area contributed by atoms with E-state index >= 15 is 0 Å². The van der Waals surface area contributed by atoms with Crippen molar-refractivity contribution in [3.05, 3.63) is 41.4 Å². The number of hydrogen-bond donors (Lipinski definition) is 0. The molecule has 1 atom stereocenters. The monoisotopic (exact) mass is 250 g/mol. The van der Waals surface area contributed by atoms with E-state index < -0.39 is 0 Å². The van der Waals surface area contributed by atoms with Crippen LogP contribution >= 0.6 is 11.6 Å². The lowest BCUT2D eigenvalue weighted by Crippen LogP contribution is -1.95. The molecule has 3 heteroatoms. The van der Waals surface area contributed by atoms with E-state index in [2.05, 4.69) is 6.92 Å². The molecule has 0 N–H and O–H groups in total. The molecule has 1 heterocycles. The predicted molar refractivity (Wildman–Crippen MR) is 67.5 cm³/mol. The van der Waals surface area contributed by atoms with Crippen LogP contribution in [-0.2, 0) is 6.42 Å². The highest BCUT2D eigenvalue weighted by Crippen LogP contribution is 2.38. The van der Waals surface area contributed by atoms with Gasteiger partial charge in [-0.05, 0) is 24.5 Å². The lowest BCUT2D eigenvalue weighted by Gasteiger charge is -2.03. The van der Waals surface area contributed by atoms with E-state index in [1.165, 1.54) is 12.1 Å². The summed E-state index contributed by atoms with van der Waals surface area (Å²) in [5, 5.41) is 1.62. The molecule has 3 rings (SSSR count). The summed E-state index contributed by atoms with van der Waals surface area (Å²) in [5.41, 5.74) is 1.52. The van der Waals surface area contributed by atoms with Crippen LogP contribution in [0.1, 0.15) is 24.7 Å². The summed E-state index contributed by atoms with van der Waals surface area (Å²) >= 11 is 6.28. The fourth-order valence-corrected chi connectivity index (χ4v) is 2.63. The van der Waals surface area contributed by atoms with Crippen molar-refractivity contribution in [3.8, 4) is 0 Å². The SMILES string of the molecule is CC1CC=C(Cl)c2c(oc3cc(F)ccc23)C1. The number of furan rings is 1. The molecule has 1 nitrogen and oxygen atoms in total. The fourth-order valence-electron chi connectivity index (χ4n) is 2.33. The third-order valence-corrected chi connectivity index (χ3v) is 3.54. The number of fused-ring (bicyclic) bond motifs is 3. The summed E-state index contributed by atoms with van der Waals surface area (Å²) in [7, 11) is 0. The zero-order valence-electron chi connectivity index (χ0n) is 9.47. The predicted octanol–water partition coefficient (Wildman–Crippen LogP) is 4.73. The van der Waals surface area contributed by atoms with Gasteiger partial charge in [0.25, 0.3) is 0 Å². The average Bonchev–Trinajstić information content (AvgIpc) is 2.56. The van der Waals surface area contributed by atoms with Crippen LogP contribution in [0, 0.1) is 11.7 Å². The van der Waals surface area contributed by atoms with Crippen LogP contribution < -0.4 is 0 Å². The highest BCUT2D eigenvalue weighted by atomic mass is 35.5. The van der Waals surface area contributed by atoms with Crippen LogP contribution in [0.15, 0.2) is 28.7 Å². The van der Waals surface area contributed by atoms with Crippen LogP contribution in [0.25, 0.3) is 16.0 Å². The summed E-state index contributed by atoms with van der Waals surface area (Å²) in [4.78, 5) is 0. The summed E-state index contributed by atoms with van der Waals surface area (Å²) in [5.74, 6) is 1.09. The summed E-state index contributed by atoms with van der Waals surface area (Å²) < 4.78 is 18.9. The van der Waals surface area contributed by atoms with Gasteiger partial charge in [0.15, 0.2) is 0 Å². The maximum Gasteiger partial charge on any atom is 0.137 e. The molecule has 1 aromatic carbocycles. The maximum absolute atomic E-state index is 13.1. The van der Waals surface area contributed by atoms with Crippen molar-refractivity contribution in [1.29, 1.82) is 0 Å². The molecule has 1 aliphatic rings. The number of benzene rings is 1. The van der Waals surface area contributed by atoms with Crippen LogP contribution in [0.5, 0.6) is 0 Å². The van der Waals surface area contributed by atoms with Gasteiger partial charge in [-0.3, -0.25) is 0 Å².